The van der Waals surface area contributed by atoms with E-state index in [-0.39, 0.29) is 0 Å². The van der Waals surface area contributed by atoms with Crippen molar-refractivity contribution in [3.63, 3.8) is 0 Å². The zero-order chi connectivity index (χ0) is 12.3. The van der Waals surface area contributed by atoms with E-state index in [0.29, 0.717) is 23.7 Å². The van der Waals surface area contributed by atoms with Gasteiger partial charge >= 0.3 is 0 Å². The molecule has 1 saturated heterocycles. The maximum absolute atomic E-state index is 8.62. The van der Waals surface area contributed by atoms with Crippen LogP contribution in [0.4, 0.5) is 0 Å². The van der Waals surface area contributed by atoms with E-state index in [2.05, 4.69) is 10.1 Å². The van der Waals surface area contributed by atoms with Crippen LogP contribution in [0.25, 0.3) is 0 Å². The minimum absolute atomic E-state index is 0.302. The van der Waals surface area contributed by atoms with Crippen molar-refractivity contribution in [2.45, 2.75) is 26.2 Å². The van der Waals surface area contributed by atoms with Gasteiger partial charge in [0, 0.05) is 25.6 Å². The van der Waals surface area contributed by atoms with E-state index in [1.165, 1.54) is 19.3 Å². The van der Waals surface area contributed by atoms with Crippen LogP contribution in [0, 0.1) is 11.3 Å². The van der Waals surface area contributed by atoms with E-state index in [1.54, 1.807) is 0 Å². The molecule has 5 heteroatoms. The van der Waals surface area contributed by atoms with Gasteiger partial charge in [0.05, 0.1) is 13.2 Å². The Bertz CT molecular complexity index is 289. The number of amidine groups is 1. The van der Waals surface area contributed by atoms with Gasteiger partial charge in [-0.3, -0.25) is 4.90 Å². The van der Waals surface area contributed by atoms with Gasteiger partial charge in [-0.25, -0.2) is 0 Å². The molecule has 0 aromatic heterocycles. The monoisotopic (exact) mass is 241 g/mol. The van der Waals surface area contributed by atoms with Crippen LogP contribution in [-0.2, 0) is 4.74 Å². The summed E-state index contributed by atoms with van der Waals surface area (Å²) in [6, 6.07) is 0. The van der Waals surface area contributed by atoms with E-state index in [1.807, 2.05) is 6.92 Å². The second kappa shape index (κ2) is 5.23. The summed E-state index contributed by atoms with van der Waals surface area (Å²) in [4.78, 5) is 2.29. The number of likely N-dealkylation sites (tertiary alicyclic amines) is 1. The highest BCUT2D eigenvalue weighted by molar-refractivity contribution is 5.81. The normalized spacial score (nSPS) is 28.5. The van der Waals surface area contributed by atoms with Gasteiger partial charge in [-0.05, 0) is 25.2 Å². The third-order valence-electron chi connectivity index (χ3n) is 4.27. The first kappa shape index (κ1) is 12.6. The molecular formula is C12H23N3O2. The van der Waals surface area contributed by atoms with Crippen LogP contribution in [0.15, 0.2) is 5.16 Å². The Balaban J connectivity index is 1.92. The van der Waals surface area contributed by atoms with Gasteiger partial charge < -0.3 is 15.7 Å². The molecule has 1 heterocycles. The summed E-state index contributed by atoms with van der Waals surface area (Å²) in [6.07, 6.45) is 3.94. The zero-order valence-electron chi connectivity index (χ0n) is 10.6. The van der Waals surface area contributed by atoms with Crippen LogP contribution >= 0.6 is 0 Å². The molecule has 1 atom stereocenters. The number of hydrogen-bond acceptors (Lipinski definition) is 4. The van der Waals surface area contributed by atoms with Crippen LogP contribution in [0.3, 0.4) is 0 Å². The lowest BCUT2D eigenvalue weighted by molar-refractivity contribution is 0.0224. The third kappa shape index (κ3) is 2.55. The maximum atomic E-state index is 8.62. The van der Waals surface area contributed by atoms with Gasteiger partial charge in [0.25, 0.3) is 0 Å². The SMILES string of the molecule is CCOC[C@H]1CN(CC(N)=NO)CC12CCC2. The molecule has 98 valence electrons. The maximum Gasteiger partial charge on any atom is 0.153 e. The molecule has 2 fully saturated rings. The van der Waals surface area contributed by atoms with Crippen molar-refractivity contribution in [1.82, 2.24) is 4.90 Å². The number of oxime groups is 1. The number of nitrogens with zero attached hydrogens (tertiary/aromatic N) is 2. The molecule has 17 heavy (non-hydrogen) atoms. The molecule has 0 amide bonds. The van der Waals surface area contributed by atoms with Crippen LogP contribution < -0.4 is 5.73 Å². The Hall–Kier alpha value is -0.810. The lowest BCUT2D eigenvalue weighted by Gasteiger charge is -2.43. The summed E-state index contributed by atoms with van der Waals surface area (Å²) in [6.45, 7) is 6.32. The quantitative estimate of drug-likeness (QED) is 0.324. The van der Waals surface area contributed by atoms with Crippen LogP contribution in [-0.4, -0.2) is 48.8 Å². The summed E-state index contributed by atoms with van der Waals surface area (Å²) < 4.78 is 5.59. The smallest absolute Gasteiger partial charge is 0.153 e. The highest BCUT2D eigenvalue weighted by Crippen LogP contribution is 2.51. The molecule has 3 N–H and O–H groups in total. The second-order valence-corrected chi connectivity index (χ2v) is 5.33. The largest absolute Gasteiger partial charge is 0.409 e. The van der Waals surface area contributed by atoms with Crippen molar-refractivity contribution in [3.8, 4) is 0 Å². The summed E-state index contributed by atoms with van der Waals surface area (Å²) in [5, 5.41) is 11.7. The van der Waals surface area contributed by atoms with Gasteiger partial charge in [0.15, 0.2) is 5.84 Å². The van der Waals surface area contributed by atoms with Crippen molar-refractivity contribution in [2.24, 2.45) is 22.2 Å². The Morgan fingerprint density at radius 1 is 1.59 bits per heavy atom. The van der Waals surface area contributed by atoms with Crippen LogP contribution in [0.5, 0.6) is 0 Å². The molecule has 0 aromatic carbocycles. The third-order valence-corrected chi connectivity index (χ3v) is 4.27. The van der Waals surface area contributed by atoms with E-state index >= 15 is 0 Å². The van der Waals surface area contributed by atoms with Crippen LogP contribution in [0.1, 0.15) is 26.2 Å². The molecule has 0 aromatic rings. The molecular weight excluding hydrogens is 218 g/mol. The Labute approximate surface area is 103 Å². The fourth-order valence-electron chi connectivity index (χ4n) is 3.21. The topological polar surface area (TPSA) is 71.1 Å². The fourth-order valence-corrected chi connectivity index (χ4v) is 3.21. The lowest BCUT2D eigenvalue weighted by Crippen LogP contribution is -2.40. The minimum atomic E-state index is 0.302. The zero-order valence-corrected chi connectivity index (χ0v) is 10.6. The van der Waals surface area contributed by atoms with E-state index in [4.69, 9.17) is 15.7 Å². The molecule has 0 radical (unpaired) electrons. The molecule has 2 rings (SSSR count). The van der Waals surface area contributed by atoms with E-state index in [0.717, 1.165) is 26.3 Å². The summed E-state index contributed by atoms with van der Waals surface area (Å²) in [5.41, 5.74) is 6.02. The molecule has 1 spiro atoms. The standard InChI is InChI=1S/C12H23N3O2/c1-2-17-8-10-6-15(7-11(13)14-16)9-12(10)4-3-5-12/h10,16H,2-9H2,1H3,(H2,13,14)/t10-/m1/s1. The summed E-state index contributed by atoms with van der Waals surface area (Å²) >= 11 is 0. The average molecular weight is 241 g/mol. The van der Waals surface area contributed by atoms with Crippen molar-refractivity contribution in [1.29, 1.82) is 0 Å². The summed E-state index contributed by atoms with van der Waals surface area (Å²) in [7, 11) is 0. The highest BCUT2D eigenvalue weighted by atomic mass is 16.5. The fraction of sp³-hybridized carbons (Fsp3) is 0.917. The molecule has 0 bridgehead atoms. The van der Waals surface area contributed by atoms with Gasteiger partial charge in [-0.2, -0.15) is 0 Å². The number of nitrogens with two attached hydrogens (primary N) is 1. The van der Waals surface area contributed by atoms with Gasteiger partial charge in [-0.15, -0.1) is 0 Å². The predicted octanol–water partition coefficient (Wildman–Crippen LogP) is 0.871. The first-order valence-corrected chi connectivity index (χ1v) is 6.46. The van der Waals surface area contributed by atoms with Crippen molar-refractivity contribution < 1.29 is 9.94 Å². The van der Waals surface area contributed by atoms with Crippen molar-refractivity contribution >= 4 is 5.84 Å². The Kier molecular flexibility index (Phi) is 3.89. The second-order valence-electron chi connectivity index (χ2n) is 5.33. The molecule has 5 nitrogen and oxygen atoms in total. The van der Waals surface area contributed by atoms with E-state index < -0.39 is 0 Å². The van der Waals surface area contributed by atoms with Gasteiger partial charge in [0.1, 0.15) is 0 Å². The number of rotatable bonds is 5. The summed E-state index contributed by atoms with van der Waals surface area (Å²) in [5.74, 6) is 0.916. The van der Waals surface area contributed by atoms with Crippen molar-refractivity contribution in [2.75, 3.05) is 32.8 Å². The Morgan fingerprint density at radius 3 is 2.88 bits per heavy atom. The van der Waals surface area contributed by atoms with Crippen molar-refractivity contribution in [3.05, 3.63) is 0 Å². The molecule has 1 saturated carbocycles. The Morgan fingerprint density at radius 2 is 2.35 bits per heavy atom. The molecule has 0 unspecified atom stereocenters. The van der Waals surface area contributed by atoms with E-state index in [9.17, 15) is 0 Å². The van der Waals surface area contributed by atoms with Crippen LogP contribution in [0.2, 0.25) is 0 Å². The predicted molar refractivity (Wildman–Crippen MR) is 66.1 cm³/mol. The van der Waals surface area contributed by atoms with Gasteiger partial charge in [0.2, 0.25) is 0 Å². The molecule has 1 aliphatic carbocycles. The highest BCUT2D eigenvalue weighted by Gasteiger charge is 2.50. The number of hydrogen-bond donors (Lipinski definition) is 2. The molecule has 2 aliphatic rings. The molecule has 1 aliphatic heterocycles. The average Bonchev–Trinajstić information content (AvgIpc) is 2.64. The first-order valence-electron chi connectivity index (χ1n) is 6.46. The van der Waals surface area contributed by atoms with Gasteiger partial charge in [-0.1, -0.05) is 11.6 Å². The minimum Gasteiger partial charge on any atom is -0.409 e. The lowest BCUT2D eigenvalue weighted by atomic mass is 9.63. The number of ether oxygens (including phenoxy) is 1. The first-order chi connectivity index (χ1) is 8.20.